The van der Waals surface area contributed by atoms with Crippen LogP contribution in [0.5, 0.6) is 0 Å². The fourth-order valence-electron chi connectivity index (χ4n) is 9.79. The van der Waals surface area contributed by atoms with Crippen molar-refractivity contribution >= 4 is 38.6 Å². The van der Waals surface area contributed by atoms with Gasteiger partial charge in [-0.15, -0.1) is 0 Å². The van der Waals surface area contributed by atoms with Crippen LogP contribution < -0.4 is 4.90 Å². The number of hydrogen-bond donors (Lipinski definition) is 0. The third kappa shape index (κ3) is 4.60. The van der Waals surface area contributed by atoms with Crippen molar-refractivity contribution in [3.63, 3.8) is 0 Å². The lowest BCUT2D eigenvalue weighted by Gasteiger charge is -2.45. The van der Waals surface area contributed by atoms with Crippen molar-refractivity contribution < 1.29 is 0 Å². The van der Waals surface area contributed by atoms with Crippen molar-refractivity contribution in [2.45, 2.75) is 5.41 Å². The summed E-state index contributed by atoms with van der Waals surface area (Å²) in [4.78, 5) is 18.7. The Kier molecular flexibility index (Phi) is 7.11. The summed E-state index contributed by atoms with van der Waals surface area (Å²) in [5.74, 6) is 1.93. The highest BCUT2D eigenvalue weighted by molar-refractivity contribution is 6.00. The lowest BCUT2D eigenvalue weighted by atomic mass is 9.63. The van der Waals surface area contributed by atoms with E-state index in [0.29, 0.717) is 17.5 Å². The molecule has 0 saturated carbocycles. The molecule has 0 unspecified atom stereocenters. The van der Waals surface area contributed by atoms with Gasteiger partial charge in [-0.05, 0) is 79.2 Å². The SMILES string of the molecule is c1ccc(N2c3ccccc3C3(c4ccccc4-c4cccc(-c5nc(-c6cccc7ccccc67)nc(-c6cccc7ccccc67)n5)c43)c3ccccc32)cc1. The first-order valence-electron chi connectivity index (χ1n) is 19.8. The van der Waals surface area contributed by atoms with Crippen LogP contribution in [0.2, 0.25) is 0 Å². The predicted octanol–water partition coefficient (Wildman–Crippen LogP) is 13.3. The molecular formula is C54H34N4. The Hall–Kier alpha value is -7.69. The van der Waals surface area contributed by atoms with E-state index in [1.54, 1.807) is 0 Å². The average molecular weight is 739 g/mol. The molecule has 0 atom stereocenters. The van der Waals surface area contributed by atoms with Crippen molar-refractivity contribution in [2.24, 2.45) is 0 Å². The lowest BCUT2D eigenvalue weighted by molar-refractivity contribution is 0.753. The third-order valence-electron chi connectivity index (χ3n) is 12.1. The van der Waals surface area contributed by atoms with E-state index >= 15 is 0 Å². The second kappa shape index (κ2) is 12.7. The van der Waals surface area contributed by atoms with Gasteiger partial charge in [-0.2, -0.15) is 0 Å². The van der Waals surface area contributed by atoms with Gasteiger partial charge in [0, 0.05) is 22.4 Å². The molecular weight excluding hydrogens is 705 g/mol. The second-order valence-electron chi connectivity index (χ2n) is 15.1. The molecule has 1 aliphatic carbocycles. The number of rotatable bonds is 4. The number of hydrogen-bond acceptors (Lipinski definition) is 4. The summed E-state index contributed by atoms with van der Waals surface area (Å²) in [6.07, 6.45) is 0. The van der Waals surface area contributed by atoms with Gasteiger partial charge in [-0.1, -0.05) is 182 Å². The highest BCUT2D eigenvalue weighted by atomic mass is 15.2. The maximum Gasteiger partial charge on any atom is 0.164 e. The minimum Gasteiger partial charge on any atom is -0.310 e. The third-order valence-corrected chi connectivity index (χ3v) is 12.1. The molecule has 10 aromatic rings. The lowest BCUT2D eigenvalue weighted by Crippen LogP contribution is -2.36. The smallest absolute Gasteiger partial charge is 0.164 e. The van der Waals surface area contributed by atoms with Crippen LogP contribution in [-0.2, 0) is 5.41 Å². The van der Waals surface area contributed by atoms with E-state index in [-0.39, 0.29) is 0 Å². The van der Waals surface area contributed by atoms with Crippen LogP contribution in [-0.4, -0.2) is 15.0 Å². The molecule has 1 aromatic heterocycles. The van der Waals surface area contributed by atoms with E-state index in [1.165, 1.54) is 33.4 Å². The van der Waals surface area contributed by atoms with E-state index < -0.39 is 5.41 Å². The quantitative estimate of drug-likeness (QED) is 0.180. The summed E-state index contributed by atoms with van der Waals surface area (Å²) in [7, 11) is 0. The first-order chi connectivity index (χ1) is 28.8. The zero-order chi connectivity index (χ0) is 38.2. The van der Waals surface area contributed by atoms with Crippen LogP contribution in [0.15, 0.2) is 206 Å². The number of para-hydroxylation sites is 3. The van der Waals surface area contributed by atoms with E-state index in [9.17, 15) is 0 Å². The highest BCUT2D eigenvalue weighted by Gasteiger charge is 2.53. The van der Waals surface area contributed by atoms with Gasteiger partial charge in [0.2, 0.25) is 0 Å². The Labute approximate surface area is 336 Å². The van der Waals surface area contributed by atoms with Crippen LogP contribution in [0.25, 0.3) is 66.8 Å². The van der Waals surface area contributed by atoms with Gasteiger partial charge in [0.15, 0.2) is 17.5 Å². The minimum atomic E-state index is -0.674. The largest absolute Gasteiger partial charge is 0.310 e. The highest BCUT2D eigenvalue weighted by Crippen LogP contribution is 2.64. The molecule has 2 heterocycles. The van der Waals surface area contributed by atoms with Crippen LogP contribution >= 0.6 is 0 Å². The second-order valence-corrected chi connectivity index (χ2v) is 15.1. The molecule has 0 bridgehead atoms. The van der Waals surface area contributed by atoms with Crippen molar-refractivity contribution in [1.29, 1.82) is 0 Å². The van der Waals surface area contributed by atoms with Gasteiger partial charge in [0.05, 0.1) is 16.8 Å². The maximum atomic E-state index is 5.49. The number of anilines is 3. The van der Waals surface area contributed by atoms with E-state index in [0.717, 1.165) is 55.3 Å². The molecule has 0 N–H and O–H groups in total. The van der Waals surface area contributed by atoms with Crippen molar-refractivity contribution in [3.8, 4) is 45.3 Å². The van der Waals surface area contributed by atoms with Crippen LogP contribution in [0.4, 0.5) is 17.1 Å². The Morgan fingerprint density at radius 2 is 0.724 bits per heavy atom. The summed E-state index contributed by atoms with van der Waals surface area (Å²) in [5.41, 5.74) is 12.9. The topological polar surface area (TPSA) is 41.9 Å². The van der Waals surface area contributed by atoms with Crippen molar-refractivity contribution in [2.75, 3.05) is 4.90 Å². The molecule has 1 aliphatic heterocycles. The molecule has 2 aliphatic rings. The minimum absolute atomic E-state index is 0.644. The molecule has 0 saturated heterocycles. The van der Waals surface area contributed by atoms with Crippen molar-refractivity contribution in [3.05, 3.63) is 229 Å². The molecule has 58 heavy (non-hydrogen) atoms. The zero-order valence-electron chi connectivity index (χ0n) is 31.4. The van der Waals surface area contributed by atoms with Crippen LogP contribution in [0.1, 0.15) is 22.3 Å². The van der Waals surface area contributed by atoms with Gasteiger partial charge in [-0.3, -0.25) is 0 Å². The first-order valence-corrected chi connectivity index (χ1v) is 19.8. The Morgan fingerprint density at radius 1 is 0.310 bits per heavy atom. The zero-order valence-corrected chi connectivity index (χ0v) is 31.4. The van der Waals surface area contributed by atoms with Crippen molar-refractivity contribution in [1.82, 2.24) is 15.0 Å². The molecule has 270 valence electrons. The summed E-state index contributed by atoms with van der Waals surface area (Å²) in [5, 5.41) is 4.48. The van der Waals surface area contributed by atoms with Gasteiger partial charge < -0.3 is 4.90 Å². The fraction of sp³-hybridized carbons (Fsp3) is 0.0185. The maximum absolute atomic E-state index is 5.49. The summed E-state index contributed by atoms with van der Waals surface area (Å²) < 4.78 is 0. The Balaban J connectivity index is 1.20. The van der Waals surface area contributed by atoms with Gasteiger partial charge in [0.25, 0.3) is 0 Å². The molecule has 4 nitrogen and oxygen atoms in total. The van der Waals surface area contributed by atoms with Crippen LogP contribution in [0.3, 0.4) is 0 Å². The number of benzene rings is 9. The van der Waals surface area contributed by atoms with E-state index in [2.05, 4.69) is 211 Å². The number of aromatic nitrogens is 3. The molecule has 9 aromatic carbocycles. The van der Waals surface area contributed by atoms with Gasteiger partial charge in [-0.25, -0.2) is 15.0 Å². The predicted molar refractivity (Wildman–Crippen MR) is 237 cm³/mol. The van der Waals surface area contributed by atoms with Crippen LogP contribution in [0, 0.1) is 0 Å². The molecule has 0 amide bonds. The molecule has 12 rings (SSSR count). The number of nitrogens with zero attached hydrogens (tertiary/aromatic N) is 4. The monoisotopic (exact) mass is 738 g/mol. The summed E-state index contributed by atoms with van der Waals surface area (Å²) in [6, 6.07) is 73.8. The fourth-order valence-corrected chi connectivity index (χ4v) is 9.79. The molecule has 0 radical (unpaired) electrons. The Morgan fingerprint density at radius 3 is 1.34 bits per heavy atom. The summed E-state index contributed by atoms with van der Waals surface area (Å²) >= 11 is 0. The van der Waals surface area contributed by atoms with Gasteiger partial charge in [0.1, 0.15) is 0 Å². The van der Waals surface area contributed by atoms with E-state index in [4.69, 9.17) is 15.0 Å². The molecule has 4 heteroatoms. The van der Waals surface area contributed by atoms with Gasteiger partial charge >= 0.3 is 0 Å². The normalized spacial score (nSPS) is 13.3. The number of fused-ring (bicyclic) bond motifs is 11. The first kappa shape index (κ1) is 32.5. The Bertz CT molecular complexity index is 3100. The summed E-state index contributed by atoms with van der Waals surface area (Å²) in [6.45, 7) is 0. The standard InChI is InChI=1S/C54H34N4/c1-2-21-37(22-3-1)58-48-33-12-10-31-46(48)54(47-32-11-13-34-49(47)58)45-30-9-8-25-40(45)41-26-16-29-44(50(41)54)53-56-51(42-27-14-19-35-17-4-6-23-38(35)42)55-52(57-53)43-28-15-20-36-18-5-7-24-39(36)43/h1-34H. The molecule has 1 spiro atoms. The van der Waals surface area contributed by atoms with E-state index in [1.807, 2.05) is 0 Å². The average Bonchev–Trinajstić information content (AvgIpc) is 3.60. The molecule has 0 fully saturated rings.